The number of ether oxygens (including phenoxy) is 1. The molecule has 1 aliphatic heterocycles. The van der Waals surface area contributed by atoms with Crippen LogP contribution in [0.25, 0.3) is 0 Å². The van der Waals surface area contributed by atoms with E-state index in [0.717, 1.165) is 24.5 Å². The van der Waals surface area contributed by atoms with Crippen molar-refractivity contribution in [3.05, 3.63) is 0 Å². The van der Waals surface area contributed by atoms with Gasteiger partial charge in [0.2, 0.25) is 0 Å². The first-order valence-electron chi connectivity index (χ1n) is 7.29. The van der Waals surface area contributed by atoms with Crippen molar-refractivity contribution in [1.29, 1.82) is 0 Å². The second-order valence-electron chi connectivity index (χ2n) is 4.92. The van der Waals surface area contributed by atoms with E-state index in [4.69, 9.17) is 4.74 Å². The van der Waals surface area contributed by atoms with Crippen molar-refractivity contribution in [2.24, 2.45) is 0 Å². The largest absolute Gasteiger partial charge is 0.466 e. The summed E-state index contributed by atoms with van der Waals surface area (Å²) in [5, 5.41) is 3.35. The first-order chi connectivity index (χ1) is 8.83. The minimum Gasteiger partial charge on any atom is -0.466 e. The summed E-state index contributed by atoms with van der Waals surface area (Å²) in [5.74, 6) is 2.15. The van der Waals surface area contributed by atoms with Crippen molar-refractivity contribution in [1.82, 2.24) is 5.32 Å². The molecule has 1 atom stereocenters. The molecule has 4 heteroatoms. The zero-order valence-corrected chi connectivity index (χ0v) is 12.4. The van der Waals surface area contributed by atoms with Crippen molar-refractivity contribution in [2.45, 2.75) is 57.9 Å². The van der Waals surface area contributed by atoms with E-state index >= 15 is 0 Å². The fourth-order valence-electron chi connectivity index (χ4n) is 2.08. The highest BCUT2D eigenvalue weighted by atomic mass is 32.2. The summed E-state index contributed by atoms with van der Waals surface area (Å²) >= 11 is 1.91. The summed E-state index contributed by atoms with van der Waals surface area (Å²) in [7, 11) is 0. The maximum atomic E-state index is 11.6. The van der Waals surface area contributed by atoms with Gasteiger partial charge in [-0.25, -0.2) is 0 Å². The molecule has 1 N–H and O–H groups in total. The predicted octanol–water partition coefficient (Wildman–Crippen LogP) is 2.99. The molecule has 106 valence electrons. The third kappa shape index (κ3) is 7.98. The maximum absolute atomic E-state index is 11.6. The van der Waals surface area contributed by atoms with Gasteiger partial charge in [-0.15, -0.1) is 0 Å². The standard InChI is InChI=1S/C14H27NO2S/c1-2-3-4-5-6-7-9-17-14(16)11-13-12-18-10-8-15-13/h13,15H,2-12H2,1H3. The van der Waals surface area contributed by atoms with Gasteiger partial charge in [-0.3, -0.25) is 4.79 Å². The molecule has 0 saturated carbocycles. The van der Waals surface area contributed by atoms with E-state index in [9.17, 15) is 4.79 Å². The highest BCUT2D eigenvalue weighted by Crippen LogP contribution is 2.11. The van der Waals surface area contributed by atoms with Crippen molar-refractivity contribution in [2.75, 3.05) is 24.7 Å². The molecule has 0 radical (unpaired) electrons. The SMILES string of the molecule is CCCCCCCCOC(=O)CC1CSCCN1. The molecule has 0 aromatic carbocycles. The molecule has 0 aromatic rings. The average molecular weight is 273 g/mol. The van der Waals surface area contributed by atoms with Gasteiger partial charge in [-0.2, -0.15) is 11.8 Å². The zero-order valence-electron chi connectivity index (χ0n) is 11.6. The van der Waals surface area contributed by atoms with Crippen LogP contribution in [0.3, 0.4) is 0 Å². The normalized spacial score (nSPS) is 19.7. The van der Waals surface area contributed by atoms with Crippen LogP contribution >= 0.6 is 11.8 Å². The first kappa shape index (κ1) is 15.8. The molecule has 0 spiro atoms. The zero-order chi connectivity index (χ0) is 13.1. The molecule has 0 bridgehead atoms. The van der Waals surface area contributed by atoms with Crippen LogP contribution in [0.5, 0.6) is 0 Å². The van der Waals surface area contributed by atoms with Gasteiger partial charge in [-0.05, 0) is 6.42 Å². The first-order valence-corrected chi connectivity index (χ1v) is 8.45. The topological polar surface area (TPSA) is 38.3 Å². The Balaban J connectivity index is 1.90. The van der Waals surface area contributed by atoms with Gasteiger partial charge in [0.15, 0.2) is 0 Å². The summed E-state index contributed by atoms with van der Waals surface area (Å²) in [6, 6.07) is 0.320. The predicted molar refractivity (Wildman–Crippen MR) is 78.1 cm³/mol. The summed E-state index contributed by atoms with van der Waals surface area (Å²) in [5.41, 5.74) is 0. The summed E-state index contributed by atoms with van der Waals surface area (Å²) in [4.78, 5) is 11.6. The number of carbonyl (C=O) groups is 1. The van der Waals surface area contributed by atoms with Crippen molar-refractivity contribution in [3.8, 4) is 0 Å². The Morgan fingerprint density at radius 3 is 2.78 bits per heavy atom. The van der Waals surface area contributed by atoms with E-state index < -0.39 is 0 Å². The van der Waals surface area contributed by atoms with Crippen LogP contribution in [0.2, 0.25) is 0 Å². The third-order valence-corrected chi connectivity index (χ3v) is 4.30. The van der Waals surface area contributed by atoms with Crippen molar-refractivity contribution >= 4 is 17.7 Å². The van der Waals surface area contributed by atoms with E-state index in [1.165, 1.54) is 32.1 Å². The van der Waals surface area contributed by atoms with Crippen LogP contribution in [-0.4, -0.2) is 36.7 Å². The van der Waals surface area contributed by atoms with E-state index in [0.29, 0.717) is 19.1 Å². The molecule has 1 saturated heterocycles. The molecule has 0 aliphatic carbocycles. The number of unbranched alkanes of at least 4 members (excludes halogenated alkanes) is 5. The fourth-order valence-corrected chi connectivity index (χ4v) is 3.03. The lowest BCUT2D eigenvalue weighted by molar-refractivity contribution is -0.144. The second kappa shape index (κ2) is 10.7. The van der Waals surface area contributed by atoms with Crippen LogP contribution in [0.1, 0.15) is 51.9 Å². The van der Waals surface area contributed by atoms with Gasteiger partial charge >= 0.3 is 5.97 Å². The molecular formula is C14H27NO2S. The number of thioether (sulfide) groups is 1. The van der Waals surface area contributed by atoms with E-state index in [-0.39, 0.29) is 5.97 Å². The summed E-state index contributed by atoms with van der Waals surface area (Å²) < 4.78 is 5.26. The Kier molecular flexibility index (Phi) is 9.40. The molecular weight excluding hydrogens is 246 g/mol. The molecule has 1 unspecified atom stereocenters. The monoisotopic (exact) mass is 273 g/mol. The van der Waals surface area contributed by atoms with Gasteiger partial charge in [0.25, 0.3) is 0 Å². The number of nitrogens with one attached hydrogen (secondary N) is 1. The van der Waals surface area contributed by atoms with Crippen LogP contribution in [0.4, 0.5) is 0 Å². The fraction of sp³-hybridized carbons (Fsp3) is 0.929. The highest BCUT2D eigenvalue weighted by molar-refractivity contribution is 7.99. The van der Waals surface area contributed by atoms with Crippen molar-refractivity contribution in [3.63, 3.8) is 0 Å². The smallest absolute Gasteiger partial charge is 0.307 e. The number of hydrogen-bond acceptors (Lipinski definition) is 4. The molecule has 1 aliphatic rings. The minimum absolute atomic E-state index is 0.0384. The van der Waals surface area contributed by atoms with Crippen LogP contribution in [-0.2, 0) is 9.53 Å². The molecule has 1 heterocycles. The molecule has 0 aromatic heterocycles. The molecule has 3 nitrogen and oxygen atoms in total. The molecule has 18 heavy (non-hydrogen) atoms. The molecule has 0 amide bonds. The van der Waals surface area contributed by atoms with Gasteiger partial charge in [-0.1, -0.05) is 39.0 Å². The van der Waals surface area contributed by atoms with E-state index in [1.807, 2.05) is 11.8 Å². The Hall–Kier alpha value is -0.220. The van der Waals surface area contributed by atoms with Crippen LogP contribution in [0.15, 0.2) is 0 Å². The summed E-state index contributed by atoms with van der Waals surface area (Å²) in [6.07, 6.45) is 7.92. The van der Waals surface area contributed by atoms with Crippen LogP contribution in [0, 0.1) is 0 Å². The quantitative estimate of drug-likeness (QED) is 0.518. The minimum atomic E-state index is -0.0384. The van der Waals surface area contributed by atoms with Gasteiger partial charge in [0.05, 0.1) is 13.0 Å². The number of rotatable bonds is 9. The maximum Gasteiger partial charge on any atom is 0.307 e. The Labute approximate surface area is 115 Å². The van der Waals surface area contributed by atoms with Gasteiger partial charge in [0.1, 0.15) is 0 Å². The van der Waals surface area contributed by atoms with E-state index in [1.54, 1.807) is 0 Å². The Morgan fingerprint density at radius 2 is 2.06 bits per heavy atom. The van der Waals surface area contributed by atoms with Crippen molar-refractivity contribution < 1.29 is 9.53 Å². The Bertz CT molecular complexity index is 218. The van der Waals surface area contributed by atoms with E-state index in [2.05, 4.69) is 12.2 Å². The van der Waals surface area contributed by atoms with Gasteiger partial charge < -0.3 is 10.1 Å². The lowest BCUT2D eigenvalue weighted by atomic mass is 10.1. The van der Waals surface area contributed by atoms with Gasteiger partial charge in [0, 0.05) is 24.1 Å². The lowest BCUT2D eigenvalue weighted by Gasteiger charge is -2.22. The number of carbonyl (C=O) groups excluding carboxylic acids is 1. The lowest BCUT2D eigenvalue weighted by Crippen LogP contribution is -2.39. The number of hydrogen-bond donors (Lipinski definition) is 1. The second-order valence-corrected chi connectivity index (χ2v) is 6.07. The molecule has 1 fully saturated rings. The third-order valence-electron chi connectivity index (χ3n) is 3.17. The Morgan fingerprint density at radius 1 is 1.28 bits per heavy atom. The molecule has 1 rings (SSSR count). The average Bonchev–Trinajstić information content (AvgIpc) is 2.39. The highest BCUT2D eigenvalue weighted by Gasteiger charge is 2.17. The summed E-state index contributed by atoms with van der Waals surface area (Å²) in [6.45, 7) is 3.84. The number of esters is 1. The van der Waals surface area contributed by atoms with Crippen LogP contribution < -0.4 is 5.32 Å².